The van der Waals surface area contributed by atoms with Gasteiger partial charge in [-0.1, -0.05) is 6.92 Å². The topological polar surface area (TPSA) is 80.9 Å². The van der Waals surface area contributed by atoms with Crippen molar-refractivity contribution in [3.8, 4) is 0 Å². The first-order valence-electron chi connectivity index (χ1n) is 2.15. The van der Waals surface area contributed by atoms with Gasteiger partial charge in [-0.05, 0) is 6.42 Å². The van der Waals surface area contributed by atoms with Crippen LogP contribution in [-0.4, -0.2) is 34.2 Å². The van der Waals surface area contributed by atoms with E-state index in [0.717, 1.165) is 0 Å². The van der Waals surface area contributed by atoms with Gasteiger partial charge in [0.1, 0.15) is 0 Å². The predicted molar refractivity (Wildman–Crippen MR) is 28.7 cm³/mol. The number of aliphatic hydroxyl groups excluding tert-OH is 1. The van der Waals surface area contributed by atoms with Crippen molar-refractivity contribution in [3.05, 3.63) is 0 Å². The third-order valence-electron chi connectivity index (χ3n) is 0.365. The highest BCUT2D eigenvalue weighted by Crippen LogP contribution is 1.77. The number of aliphatic hydroxyl groups is 2. The molecular formula is C3H10BO4. The van der Waals surface area contributed by atoms with Crippen LogP contribution in [0.5, 0.6) is 0 Å². The van der Waals surface area contributed by atoms with E-state index in [-0.39, 0.29) is 7.69 Å². The van der Waals surface area contributed by atoms with Crippen molar-refractivity contribution in [3.63, 3.8) is 0 Å². The Morgan fingerprint density at radius 1 is 1.38 bits per heavy atom. The molecule has 0 bridgehead atoms. The summed E-state index contributed by atoms with van der Waals surface area (Å²) in [5.74, 6) is 0. The van der Waals surface area contributed by atoms with Gasteiger partial charge >= 0.3 is 7.69 Å². The molecule has 0 saturated heterocycles. The third-order valence-corrected chi connectivity index (χ3v) is 0.365. The van der Waals surface area contributed by atoms with Crippen molar-refractivity contribution >= 4 is 7.69 Å². The Labute approximate surface area is 48.7 Å². The molecule has 0 aromatic carbocycles. The van der Waals surface area contributed by atoms with E-state index in [1.165, 1.54) is 0 Å². The van der Waals surface area contributed by atoms with Crippen molar-refractivity contribution in [1.82, 2.24) is 0 Å². The Kier molecular flexibility index (Phi) is 13.5. The summed E-state index contributed by atoms with van der Waals surface area (Å²) in [7, 11) is 0. The Morgan fingerprint density at radius 2 is 1.50 bits per heavy atom. The Balaban J connectivity index is 0. The molecule has 0 unspecified atom stereocenters. The zero-order valence-electron chi connectivity index (χ0n) is 4.65. The first-order valence-corrected chi connectivity index (χ1v) is 2.15. The Hall–Kier alpha value is -0.0951. The molecule has 0 aliphatic heterocycles. The summed E-state index contributed by atoms with van der Waals surface area (Å²) in [5.41, 5.74) is 0. The summed E-state index contributed by atoms with van der Waals surface area (Å²) >= 11 is 0. The van der Waals surface area contributed by atoms with Crippen molar-refractivity contribution in [2.75, 3.05) is 0 Å². The van der Waals surface area contributed by atoms with Gasteiger partial charge in [0.25, 0.3) is 0 Å². The van der Waals surface area contributed by atoms with Crippen molar-refractivity contribution < 1.29 is 20.3 Å². The fourth-order valence-corrected chi connectivity index (χ4v) is 0. The standard InChI is InChI=1S/C3H8O2.BH2O2/c1-2-3(4)5;2-1-3/h3-5H,2H2,1H3;2-3H. The van der Waals surface area contributed by atoms with Gasteiger partial charge in [-0.25, -0.2) is 0 Å². The average molecular weight is 121 g/mol. The second-order valence-electron chi connectivity index (χ2n) is 1.00. The van der Waals surface area contributed by atoms with Crippen LogP contribution in [0.3, 0.4) is 0 Å². The molecule has 8 heavy (non-hydrogen) atoms. The zero-order valence-corrected chi connectivity index (χ0v) is 4.65. The highest BCUT2D eigenvalue weighted by Gasteiger charge is 1.83. The maximum Gasteiger partial charge on any atom is 0.482 e. The molecule has 5 heteroatoms. The number of hydrogen-bond acceptors (Lipinski definition) is 4. The molecule has 0 fully saturated rings. The smallest absolute Gasteiger partial charge is 0.429 e. The van der Waals surface area contributed by atoms with Crippen LogP contribution in [0, 0.1) is 0 Å². The van der Waals surface area contributed by atoms with Gasteiger partial charge in [0.2, 0.25) is 0 Å². The quantitative estimate of drug-likeness (QED) is 0.244. The summed E-state index contributed by atoms with van der Waals surface area (Å²) in [6.45, 7) is 1.70. The Morgan fingerprint density at radius 3 is 1.50 bits per heavy atom. The second-order valence-corrected chi connectivity index (χ2v) is 1.00. The molecule has 1 radical (unpaired) electrons. The van der Waals surface area contributed by atoms with Crippen LogP contribution in [0.25, 0.3) is 0 Å². The van der Waals surface area contributed by atoms with Crippen LogP contribution >= 0.6 is 0 Å². The molecule has 0 rings (SSSR count). The summed E-state index contributed by atoms with van der Waals surface area (Å²) in [4.78, 5) is 0. The lowest BCUT2D eigenvalue weighted by Crippen LogP contribution is -1.99. The zero-order chi connectivity index (χ0) is 6.99. The van der Waals surface area contributed by atoms with E-state index in [0.29, 0.717) is 6.42 Å². The molecule has 0 aromatic rings. The summed E-state index contributed by atoms with van der Waals surface area (Å²) in [6, 6.07) is 0. The SMILES string of the molecule is CCC(O)O.O[B]O. The molecule has 4 N–H and O–H groups in total. The molecule has 0 aliphatic rings. The molecule has 49 valence electrons. The van der Waals surface area contributed by atoms with E-state index < -0.39 is 6.29 Å². The lowest BCUT2D eigenvalue weighted by molar-refractivity contribution is -0.0413. The van der Waals surface area contributed by atoms with Crippen LogP contribution in [0.1, 0.15) is 13.3 Å². The largest absolute Gasteiger partial charge is 0.482 e. The normalized spacial score (nSPS) is 7.75. The number of hydrogen-bond donors (Lipinski definition) is 4. The van der Waals surface area contributed by atoms with Crippen molar-refractivity contribution in [2.45, 2.75) is 19.6 Å². The van der Waals surface area contributed by atoms with Gasteiger partial charge in [0.15, 0.2) is 6.29 Å². The fraction of sp³-hybridized carbons (Fsp3) is 1.00. The van der Waals surface area contributed by atoms with Crippen LogP contribution < -0.4 is 0 Å². The second kappa shape index (κ2) is 10.0. The maximum absolute atomic E-state index is 7.92. The van der Waals surface area contributed by atoms with Crippen LogP contribution in [0.15, 0.2) is 0 Å². The monoisotopic (exact) mass is 121 g/mol. The summed E-state index contributed by atoms with van der Waals surface area (Å²) in [5, 5.41) is 29.8. The first kappa shape index (κ1) is 10.8. The van der Waals surface area contributed by atoms with Crippen molar-refractivity contribution in [2.24, 2.45) is 0 Å². The fourth-order valence-electron chi connectivity index (χ4n) is 0. The molecule has 4 nitrogen and oxygen atoms in total. The molecule has 0 heterocycles. The van der Waals surface area contributed by atoms with E-state index in [2.05, 4.69) is 0 Å². The van der Waals surface area contributed by atoms with E-state index in [4.69, 9.17) is 20.3 Å². The summed E-state index contributed by atoms with van der Waals surface area (Å²) < 4.78 is 0. The number of rotatable bonds is 1. The average Bonchev–Trinajstić information content (AvgIpc) is 1.69. The minimum absolute atomic E-state index is 0. The first-order chi connectivity index (χ1) is 3.68. The van der Waals surface area contributed by atoms with Gasteiger partial charge < -0.3 is 20.3 Å². The molecular weight excluding hydrogens is 111 g/mol. The van der Waals surface area contributed by atoms with Crippen LogP contribution in [-0.2, 0) is 0 Å². The molecule has 0 aromatic heterocycles. The van der Waals surface area contributed by atoms with Crippen LogP contribution in [0.2, 0.25) is 0 Å². The minimum Gasteiger partial charge on any atom is -0.429 e. The highest BCUT2D eigenvalue weighted by molar-refractivity contribution is 6.13. The van der Waals surface area contributed by atoms with Gasteiger partial charge in [0.05, 0.1) is 0 Å². The maximum atomic E-state index is 7.92. The molecule has 0 aliphatic carbocycles. The minimum atomic E-state index is -1.12. The predicted octanol–water partition coefficient (Wildman–Crippen LogP) is -1.79. The van der Waals surface area contributed by atoms with Crippen molar-refractivity contribution in [1.29, 1.82) is 0 Å². The highest BCUT2D eigenvalue weighted by atomic mass is 16.5. The molecule has 0 saturated carbocycles. The Bertz CT molecular complexity index is 32.5. The molecule has 0 spiro atoms. The van der Waals surface area contributed by atoms with E-state index >= 15 is 0 Å². The van der Waals surface area contributed by atoms with E-state index in [1.807, 2.05) is 0 Å². The lowest BCUT2D eigenvalue weighted by atomic mass is 10.5. The van der Waals surface area contributed by atoms with Gasteiger partial charge in [-0.2, -0.15) is 0 Å². The lowest BCUT2D eigenvalue weighted by Gasteiger charge is -1.90. The van der Waals surface area contributed by atoms with Gasteiger partial charge in [0, 0.05) is 0 Å². The van der Waals surface area contributed by atoms with E-state index in [1.54, 1.807) is 6.92 Å². The van der Waals surface area contributed by atoms with Crippen LogP contribution in [0.4, 0.5) is 0 Å². The van der Waals surface area contributed by atoms with Gasteiger partial charge in [-0.3, -0.25) is 0 Å². The van der Waals surface area contributed by atoms with E-state index in [9.17, 15) is 0 Å². The summed E-state index contributed by atoms with van der Waals surface area (Å²) in [6.07, 6.45) is -0.699. The third kappa shape index (κ3) is 39.1. The van der Waals surface area contributed by atoms with Gasteiger partial charge in [-0.15, -0.1) is 0 Å². The molecule has 0 amide bonds. The molecule has 0 atom stereocenters.